The van der Waals surface area contributed by atoms with Gasteiger partial charge in [0.15, 0.2) is 0 Å². The van der Waals surface area contributed by atoms with Crippen molar-refractivity contribution in [1.82, 2.24) is 0 Å². The molecule has 4 nitrogen and oxygen atoms in total. The Hall–Kier alpha value is -1.06. The van der Waals surface area contributed by atoms with Crippen LogP contribution in [0.1, 0.15) is 182 Å². The zero-order chi connectivity index (χ0) is 28.1. The first-order chi connectivity index (χ1) is 18.5. The number of hydrogen-bond acceptors (Lipinski definition) is 4. The molecule has 0 fully saturated rings. The second-order valence-corrected chi connectivity index (χ2v) is 11.8. The third-order valence-electron chi connectivity index (χ3n) is 8.02. The molecule has 2 atom stereocenters. The average Bonchev–Trinajstić information content (AvgIpc) is 2.91. The van der Waals surface area contributed by atoms with Crippen LogP contribution in [0.2, 0.25) is 0 Å². The Morgan fingerprint density at radius 3 is 1.37 bits per heavy atom. The van der Waals surface area contributed by atoms with E-state index in [2.05, 4.69) is 20.8 Å². The van der Waals surface area contributed by atoms with Crippen molar-refractivity contribution in [3.63, 3.8) is 0 Å². The summed E-state index contributed by atoms with van der Waals surface area (Å²) in [6.07, 6.45) is 29.1. The van der Waals surface area contributed by atoms with Gasteiger partial charge in [-0.1, -0.05) is 150 Å². The Labute approximate surface area is 237 Å². The number of hydrogen-bond donors (Lipinski definition) is 0. The molecule has 0 bridgehead atoms. The van der Waals surface area contributed by atoms with Crippen molar-refractivity contribution in [3.8, 4) is 0 Å². The number of carbonyl (C=O) groups excluding carboxylic acids is 2. The van der Waals surface area contributed by atoms with E-state index in [0.717, 1.165) is 38.5 Å². The van der Waals surface area contributed by atoms with Gasteiger partial charge < -0.3 is 9.47 Å². The van der Waals surface area contributed by atoms with Crippen LogP contribution in [0.15, 0.2) is 0 Å². The van der Waals surface area contributed by atoms with Gasteiger partial charge >= 0.3 is 11.9 Å². The third kappa shape index (κ3) is 25.2. The summed E-state index contributed by atoms with van der Waals surface area (Å²) < 4.78 is 10.8. The molecule has 0 aliphatic heterocycles. The highest BCUT2D eigenvalue weighted by Crippen LogP contribution is 2.21. The normalized spacial score (nSPS) is 12.8. The molecule has 0 aromatic carbocycles. The van der Waals surface area contributed by atoms with Crippen molar-refractivity contribution in [2.45, 2.75) is 182 Å². The van der Waals surface area contributed by atoms with Gasteiger partial charge in [-0.15, -0.1) is 0 Å². The predicted molar refractivity (Wildman–Crippen MR) is 162 cm³/mol. The molecule has 0 spiro atoms. The highest BCUT2D eigenvalue weighted by atomic mass is 16.5. The summed E-state index contributed by atoms with van der Waals surface area (Å²) in [5.74, 6) is 0.435. The van der Waals surface area contributed by atoms with E-state index in [1.807, 2.05) is 6.92 Å². The van der Waals surface area contributed by atoms with Gasteiger partial charge in [-0.05, 0) is 31.6 Å². The summed E-state index contributed by atoms with van der Waals surface area (Å²) in [7, 11) is 0. The lowest BCUT2D eigenvalue weighted by atomic mass is 9.90. The quantitative estimate of drug-likeness (QED) is 0.0702. The Bertz CT molecular complexity index is 519. The summed E-state index contributed by atoms with van der Waals surface area (Å²) in [5.41, 5.74) is 0. The molecular weight excluding hydrogens is 472 g/mol. The Balaban J connectivity index is 3.36. The van der Waals surface area contributed by atoms with Crippen LogP contribution in [-0.2, 0) is 19.1 Å². The molecule has 0 heterocycles. The minimum atomic E-state index is -0.00366. The fourth-order valence-corrected chi connectivity index (χ4v) is 4.96. The Morgan fingerprint density at radius 1 is 0.500 bits per heavy atom. The number of unbranched alkanes of at least 4 members (excludes halogenated alkanes) is 19. The molecule has 38 heavy (non-hydrogen) atoms. The molecule has 0 amide bonds. The molecule has 0 radical (unpaired) electrons. The lowest BCUT2D eigenvalue weighted by Crippen LogP contribution is -2.22. The summed E-state index contributed by atoms with van der Waals surface area (Å²) in [4.78, 5) is 23.9. The van der Waals surface area contributed by atoms with Crippen molar-refractivity contribution in [2.75, 3.05) is 13.2 Å². The Kier molecular flexibility index (Phi) is 28.1. The minimum absolute atomic E-state index is 0.000563. The van der Waals surface area contributed by atoms with E-state index in [-0.39, 0.29) is 17.9 Å². The van der Waals surface area contributed by atoms with Gasteiger partial charge in [-0.3, -0.25) is 9.59 Å². The van der Waals surface area contributed by atoms with Crippen molar-refractivity contribution < 1.29 is 19.1 Å². The second-order valence-electron chi connectivity index (χ2n) is 11.8. The van der Waals surface area contributed by atoms with Crippen LogP contribution in [0.25, 0.3) is 0 Å². The minimum Gasteiger partial charge on any atom is -0.466 e. The monoisotopic (exact) mass is 538 g/mol. The lowest BCUT2D eigenvalue weighted by molar-refractivity contribution is -0.150. The first-order valence-electron chi connectivity index (χ1n) is 16.8. The molecular formula is C34H66O4. The maximum atomic E-state index is 12.2. The van der Waals surface area contributed by atoms with Crippen LogP contribution in [0.4, 0.5) is 0 Å². The van der Waals surface area contributed by atoms with Gasteiger partial charge in [0.2, 0.25) is 0 Å². The van der Waals surface area contributed by atoms with Crippen LogP contribution >= 0.6 is 0 Å². The average molecular weight is 539 g/mol. The lowest BCUT2D eigenvalue weighted by Gasteiger charge is -2.18. The van der Waals surface area contributed by atoms with Crippen molar-refractivity contribution in [2.24, 2.45) is 11.8 Å². The summed E-state index contributed by atoms with van der Waals surface area (Å²) in [5, 5.41) is 0. The van der Waals surface area contributed by atoms with Gasteiger partial charge in [0.05, 0.1) is 19.1 Å². The van der Waals surface area contributed by atoms with Crippen molar-refractivity contribution >= 4 is 11.9 Å². The molecule has 4 heteroatoms. The molecule has 226 valence electrons. The zero-order valence-corrected chi connectivity index (χ0v) is 26.2. The molecule has 0 N–H and O–H groups in total. The number of rotatable bonds is 29. The first kappa shape index (κ1) is 36.9. The largest absolute Gasteiger partial charge is 0.466 e. The van der Waals surface area contributed by atoms with Gasteiger partial charge in [0, 0.05) is 6.42 Å². The van der Waals surface area contributed by atoms with E-state index in [9.17, 15) is 9.59 Å². The molecule has 0 aromatic heterocycles. The van der Waals surface area contributed by atoms with E-state index in [1.54, 1.807) is 0 Å². The van der Waals surface area contributed by atoms with E-state index in [4.69, 9.17) is 9.47 Å². The topological polar surface area (TPSA) is 52.6 Å². The molecule has 0 rings (SSSR count). The first-order valence-corrected chi connectivity index (χ1v) is 16.8. The SMILES string of the molecule is CCCCCCOC(=O)CCCCCCCCCCCCCCCCC(C)C(C)C(=O)OCCCCCC. The standard InChI is InChI=1S/C34H66O4/c1-5-7-9-25-29-37-33(35)28-24-22-20-18-16-14-12-11-13-15-17-19-21-23-27-31(3)32(4)34(36)38-30-26-10-8-6-2/h31-32H,5-30H2,1-4H3. The van der Waals surface area contributed by atoms with Gasteiger partial charge in [-0.25, -0.2) is 0 Å². The maximum Gasteiger partial charge on any atom is 0.308 e. The van der Waals surface area contributed by atoms with E-state index < -0.39 is 0 Å². The van der Waals surface area contributed by atoms with Gasteiger partial charge in [-0.2, -0.15) is 0 Å². The third-order valence-corrected chi connectivity index (χ3v) is 8.02. The van der Waals surface area contributed by atoms with Crippen LogP contribution in [0.3, 0.4) is 0 Å². The smallest absolute Gasteiger partial charge is 0.308 e. The Morgan fingerprint density at radius 2 is 0.895 bits per heavy atom. The summed E-state index contributed by atoms with van der Waals surface area (Å²) in [6, 6.07) is 0. The predicted octanol–water partition coefficient (Wildman–Crippen LogP) is 10.7. The van der Waals surface area contributed by atoms with Crippen LogP contribution in [0, 0.1) is 11.8 Å². The molecule has 0 saturated carbocycles. The number of carbonyl (C=O) groups is 2. The molecule has 2 unspecified atom stereocenters. The fraction of sp³-hybridized carbons (Fsp3) is 0.941. The van der Waals surface area contributed by atoms with Gasteiger partial charge in [0.1, 0.15) is 0 Å². The summed E-state index contributed by atoms with van der Waals surface area (Å²) >= 11 is 0. The maximum absolute atomic E-state index is 12.2. The van der Waals surface area contributed by atoms with Crippen molar-refractivity contribution in [3.05, 3.63) is 0 Å². The molecule has 0 saturated heterocycles. The highest BCUT2D eigenvalue weighted by molar-refractivity contribution is 5.72. The zero-order valence-electron chi connectivity index (χ0n) is 26.2. The van der Waals surface area contributed by atoms with E-state index >= 15 is 0 Å². The van der Waals surface area contributed by atoms with Crippen LogP contribution in [0.5, 0.6) is 0 Å². The van der Waals surface area contributed by atoms with Crippen LogP contribution < -0.4 is 0 Å². The fourth-order valence-electron chi connectivity index (χ4n) is 4.96. The number of ether oxygens (including phenoxy) is 2. The molecule has 0 aliphatic carbocycles. The van der Waals surface area contributed by atoms with E-state index in [0.29, 0.717) is 25.6 Å². The number of esters is 2. The van der Waals surface area contributed by atoms with Gasteiger partial charge in [0.25, 0.3) is 0 Å². The van der Waals surface area contributed by atoms with Crippen LogP contribution in [-0.4, -0.2) is 25.2 Å². The molecule has 0 aliphatic rings. The summed E-state index contributed by atoms with van der Waals surface area (Å²) in [6.45, 7) is 9.83. The van der Waals surface area contributed by atoms with E-state index in [1.165, 1.54) is 109 Å². The van der Waals surface area contributed by atoms with Crippen molar-refractivity contribution in [1.29, 1.82) is 0 Å². The second kappa shape index (κ2) is 28.9. The highest BCUT2D eigenvalue weighted by Gasteiger charge is 2.21. The molecule has 0 aromatic rings.